The number of alkyl carbamates (subject to hydrolysis) is 1. The lowest BCUT2D eigenvalue weighted by molar-refractivity contribution is 0.149. The molecule has 0 radical (unpaired) electrons. The molecule has 1 amide bonds. The zero-order valence-corrected chi connectivity index (χ0v) is 10.7. The number of carbonyl (C=O) groups excluding carboxylic acids is 1. The third-order valence-corrected chi connectivity index (χ3v) is 3.37. The minimum absolute atomic E-state index is 0. The normalized spacial score (nSPS) is 20.1. The molecule has 0 saturated heterocycles. The Balaban J connectivity index is 0.00000180. The number of nitrogens with one attached hydrogen (secondary N) is 1. The molecule has 3 nitrogen and oxygen atoms in total. The smallest absolute Gasteiger partial charge is 0.407 e. The first-order valence-electron chi connectivity index (χ1n) is 6.80. The van der Waals surface area contributed by atoms with Gasteiger partial charge in [-0.3, -0.25) is 0 Å². The summed E-state index contributed by atoms with van der Waals surface area (Å²) in [6.45, 7) is 0.358. The van der Waals surface area contributed by atoms with E-state index in [1.165, 1.54) is 19.3 Å². The maximum atomic E-state index is 11.6. The van der Waals surface area contributed by atoms with E-state index in [2.05, 4.69) is 17.5 Å². The maximum Gasteiger partial charge on any atom is 0.407 e. The Morgan fingerprint density at radius 1 is 1.33 bits per heavy atom. The molecule has 0 heterocycles. The number of hydrogen-bond donors (Lipinski definition) is 1. The molecular weight excluding hydrogens is 226 g/mol. The van der Waals surface area contributed by atoms with Crippen LogP contribution in [0.15, 0.2) is 36.0 Å². The molecule has 1 saturated carbocycles. The third-order valence-electron chi connectivity index (χ3n) is 3.37. The molecule has 1 fully saturated rings. The van der Waals surface area contributed by atoms with Gasteiger partial charge >= 0.3 is 6.09 Å². The van der Waals surface area contributed by atoms with Crippen molar-refractivity contribution >= 4 is 6.09 Å². The second-order valence-corrected chi connectivity index (χ2v) is 4.86. The monoisotopic (exact) mass is 249 g/mol. The van der Waals surface area contributed by atoms with Crippen LogP contribution in [0.3, 0.4) is 0 Å². The second kappa shape index (κ2) is 7.04. The Morgan fingerprint density at radius 3 is 3.00 bits per heavy atom. The van der Waals surface area contributed by atoms with E-state index in [0.29, 0.717) is 12.6 Å². The van der Waals surface area contributed by atoms with E-state index in [0.717, 1.165) is 24.8 Å². The van der Waals surface area contributed by atoms with E-state index < -0.39 is 0 Å². The first-order valence-corrected chi connectivity index (χ1v) is 6.80. The van der Waals surface area contributed by atoms with Gasteiger partial charge in [0.05, 0.1) is 0 Å². The Hall–Kier alpha value is -1.51. The molecule has 0 aromatic heterocycles. The van der Waals surface area contributed by atoms with Crippen molar-refractivity contribution < 1.29 is 11.0 Å². The van der Waals surface area contributed by atoms with Crippen molar-refractivity contribution in [2.75, 3.05) is 6.61 Å². The molecule has 0 spiro atoms. The van der Waals surface area contributed by atoms with Crippen LogP contribution in [0, 0.1) is 0 Å². The zero-order chi connectivity index (χ0) is 12.6. The molecule has 0 aliphatic heterocycles. The van der Waals surface area contributed by atoms with Crippen LogP contribution in [0.5, 0.6) is 0 Å². The Bertz CT molecular complexity index is 368. The van der Waals surface area contributed by atoms with E-state index >= 15 is 0 Å². The molecule has 100 valence electrons. The van der Waals surface area contributed by atoms with Crippen molar-refractivity contribution in [3.8, 4) is 0 Å². The number of amides is 1. The van der Waals surface area contributed by atoms with Gasteiger partial charge in [0.2, 0.25) is 0 Å². The van der Waals surface area contributed by atoms with Crippen LogP contribution in [0.2, 0.25) is 0 Å². The number of carbonyl (C=O) groups is 1. The van der Waals surface area contributed by atoms with E-state index in [1.54, 1.807) is 0 Å². The van der Waals surface area contributed by atoms with Gasteiger partial charge < -0.3 is 10.1 Å². The standard InChI is InChI=1S/C15H21NO2.H2/c17-15(16-14-10-6-3-7-11-14)18-12-13-8-4-1-2-5-9-13;/h1-2,4,8-9,14H,3,5-7,10-12H2,(H,16,17);1H. The predicted molar refractivity (Wildman–Crippen MR) is 74.5 cm³/mol. The Labute approximate surface area is 110 Å². The minimum Gasteiger partial charge on any atom is -0.445 e. The van der Waals surface area contributed by atoms with Crippen molar-refractivity contribution in [1.82, 2.24) is 5.32 Å². The van der Waals surface area contributed by atoms with E-state index in [-0.39, 0.29) is 7.52 Å². The summed E-state index contributed by atoms with van der Waals surface area (Å²) < 4.78 is 5.24. The molecule has 2 aliphatic rings. The summed E-state index contributed by atoms with van der Waals surface area (Å²) in [4.78, 5) is 11.6. The lowest BCUT2D eigenvalue weighted by Gasteiger charge is -2.22. The van der Waals surface area contributed by atoms with Gasteiger partial charge in [-0.25, -0.2) is 4.79 Å². The summed E-state index contributed by atoms with van der Waals surface area (Å²) in [5.41, 5.74) is 1.05. The van der Waals surface area contributed by atoms with E-state index in [1.807, 2.05) is 18.2 Å². The lowest BCUT2D eigenvalue weighted by Crippen LogP contribution is -2.36. The van der Waals surface area contributed by atoms with Crippen LogP contribution in [-0.2, 0) is 4.74 Å². The van der Waals surface area contributed by atoms with Gasteiger partial charge in [-0.2, -0.15) is 0 Å². The first kappa shape index (κ1) is 12.9. The number of ether oxygens (including phenoxy) is 1. The first-order chi connectivity index (χ1) is 8.84. The van der Waals surface area contributed by atoms with Crippen LogP contribution >= 0.6 is 0 Å². The highest BCUT2D eigenvalue weighted by atomic mass is 16.5. The molecule has 2 aliphatic carbocycles. The van der Waals surface area contributed by atoms with Gasteiger partial charge in [0.25, 0.3) is 0 Å². The highest BCUT2D eigenvalue weighted by Gasteiger charge is 2.16. The summed E-state index contributed by atoms with van der Waals surface area (Å²) in [6, 6.07) is 0.312. The topological polar surface area (TPSA) is 38.3 Å². The molecule has 0 aromatic rings. The molecule has 2 rings (SSSR count). The van der Waals surface area contributed by atoms with Crippen molar-refractivity contribution in [3.63, 3.8) is 0 Å². The molecule has 0 unspecified atom stereocenters. The summed E-state index contributed by atoms with van der Waals surface area (Å²) in [7, 11) is 0. The number of rotatable bonds is 3. The SMILES string of the molecule is O=C(NC1CCCCC1)OCC1=CCC=CC=C1.[HH]. The van der Waals surface area contributed by atoms with Crippen molar-refractivity contribution in [2.24, 2.45) is 0 Å². The van der Waals surface area contributed by atoms with Gasteiger partial charge in [0.15, 0.2) is 0 Å². The van der Waals surface area contributed by atoms with Crippen LogP contribution in [0.1, 0.15) is 40.0 Å². The largest absolute Gasteiger partial charge is 0.445 e. The molecular formula is C15H23NO2. The van der Waals surface area contributed by atoms with E-state index in [4.69, 9.17) is 4.74 Å². The quantitative estimate of drug-likeness (QED) is 0.827. The van der Waals surface area contributed by atoms with Crippen LogP contribution in [-0.4, -0.2) is 18.7 Å². The summed E-state index contributed by atoms with van der Waals surface area (Å²) >= 11 is 0. The third kappa shape index (κ3) is 4.40. The number of hydrogen-bond acceptors (Lipinski definition) is 2. The Morgan fingerprint density at radius 2 is 2.17 bits per heavy atom. The zero-order valence-electron chi connectivity index (χ0n) is 10.7. The highest BCUT2D eigenvalue weighted by molar-refractivity contribution is 5.67. The molecule has 1 N–H and O–H groups in total. The molecule has 0 aromatic carbocycles. The molecule has 0 atom stereocenters. The maximum absolute atomic E-state index is 11.6. The van der Waals surface area contributed by atoms with Gasteiger partial charge in [0, 0.05) is 7.47 Å². The average molecular weight is 249 g/mol. The van der Waals surface area contributed by atoms with E-state index in [9.17, 15) is 4.79 Å². The van der Waals surface area contributed by atoms with Crippen LogP contribution in [0.25, 0.3) is 0 Å². The van der Waals surface area contributed by atoms with Crippen molar-refractivity contribution in [2.45, 2.75) is 44.6 Å². The van der Waals surface area contributed by atoms with Gasteiger partial charge in [0.1, 0.15) is 6.61 Å². The fraction of sp³-hybridized carbons (Fsp3) is 0.533. The summed E-state index contributed by atoms with van der Waals surface area (Å²) in [6.07, 6.45) is 16.6. The number of allylic oxidation sites excluding steroid dienone is 4. The summed E-state index contributed by atoms with van der Waals surface area (Å²) in [5, 5.41) is 2.95. The second-order valence-electron chi connectivity index (χ2n) is 4.86. The van der Waals surface area contributed by atoms with Gasteiger partial charge in [-0.05, 0) is 24.8 Å². The summed E-state index contributed by atoms with van der Waals surface area (Å²) in [5.74, 6) is 0. The van der Waals surface area contributed by atoms with Gasteiger partial charge in [-0.1, -0.05) is 49.6 Å². The average Bonchev–Trinajstić information content (AvgIpc) is 2.66. The molecule has 18 heavy (non-hydrogen) atoms. The Kier molecular flexibility index (Phi) is 5.06. The molecule has 0 bridgehead atoms. The fourth-order valence-electron chi connectivity index (χ4n) is 2.33. The van der Waals surface area contributed by atoms with Crippen molar-refractivity contribution in [1.29, 1.82) is 0 Å². The molecule has 3 heteroatoms. The van der Waals surface area contributed by atoms with Crippen LogP contribution in [0.4, 0.5) is 4.79 Å². The van der Waals surface area contributed by atoms with Crippen molar-refractivity contribution in [3.05, 3.63) is 36.0 Å². The predicted octanol–water partition coefficient (Wildman–Crippen LogP) is 3.73. The van der Waals surface area contributed by atoms with Crippen LogP contribution < -0.4 is 5.32 Å². The van der Waals surface area contributed by atoms with Gasteiger partial charge in [-0.15, -0.1) is 0 Å². The lowest BCUT2D eigenvalue weighted by atomic mass is 9.96. The minimum atomic E-state index is -0.284. The highest BCUT2D eigenvalue weighted by Crippen LogP contribution is 2.17. The fourth-order valence-corrected chi connectivity index (χ4v) is 2.33.